The lowest BCUT2D eigenvalue weighted by atomic mass is 10.0. The molecule has 0 bridgehead atoms. The largest absolute Gasteiger partial charge is 0.508 e. The monoisotopic (exact) mass is 1100 g/mol. The Morgan fingerprint density at radius 2 is 0.802 bits per heavy atom. The number of carbonyl (C=O) groups excluding carboxylic acids is 3. The second-order valence-electron chi connectivity index (χ2n) is 21.0. The van der Waals surface area contributed by atoms with Crippen LogP contribution in [-0.2, 0) is 14.4 Å². The maximum Gasteiger partial charge on any atom is 0.265 e. The molecule has 0 aromatic heterocycles. The Bertz CT molecular complexity index is 2980. The maximum absolute atomic E-state index is 13.0. The third-order valence-electron chi connectivity index (χ3n) is 13.8. The van der Waals surface area contributed by atoms with Crippen LogP contribution in [0.4, 0.5) is 17.1 Å². The smallest absolute Gasteiger partial charge is 0.265 e. The molecule has 0 aliphatic carbocycles. The van der Waals surface area contributed by atoms with Gasteiger partial charge in [-0.15, -0.1) is 0 Å². The fourth-order valence-electron chi connectivity index (χ4n) is 8.73. The van der Waals surface area contributed by atoms with E-state index in [1.54, 1.807) is 80.6 Å². The molecule has 434 valence electrons. The summed E-state index contributed by atoms with van der Waals surface area (Å²) in [6.07, 6.45) is 14.0. The molecule has 13 heteroatoms. The molecule has 6 N–H and O–H groups in total. The van der Waals surface area contributed by atoms with Gasteiger partial charge in [0.05, 0.1) is 5.56 Å². The number of aromatic hydroxyl groups is 3. The van der Waals surface area contributed by atoms with Crippen molar-refractivity contribution in [2.45, 2.75) is 184 Å². The van der Waals surface area contributed by atoms with Gasteiger partial charge in [0.25, 0.3) is 17.7 Å². The number of ether oxygens (including phenoxy) is 3. The molecule has 6 aromatic carbocycles. The third kappa shape index (κ3) is 23.0. The van der Waals surface area contributed by atoms with Crippen molar-refractivity contribution in [2.75, 3.05) is 16.0 Å². The molecular weight excluding hydrogens is 1020 g/mol. The highest BCUT2D eigenvalue weighted by molar-refractivity contribution is 5.96. The Morgan fingerprint density at radius 1 is 0.432 bits per heavy atom. The number of rotatable bonds is 27. The van der Waals surface area contributed by atoms with Gasteiger partial charge >= 0.3 is 0 Å². The lowest BCUT2D eigenvalue weighted by molar-refractivity contribution is -0.123. The summed E-state index contributed by atoms with van der Waals surface area (Å²) in [4.78, 5) is 38.1. The van der Waals surface area contributed by atoms with Crippen molar-refractivity contribution >= 4 is 34.8 Å². The zero-order valence-electron chi connectivity index (χ0n) is 49.5. The first kappa shape index (κ1) is 65.5. The standard InChI is InChI=1S/C28H38N2O3.C21H27NO3.C19H23NO3/c1-3-4-5-6-7-8-9-10-11-12-17-27(33-26-16-14-13-15-23(26)21-29)28(32)30-24-19-18-22(2)25(31)20-24;1-5-6-7-20(25-19-11-8-14(2)12-16(19)4)21(24)22-17-10-9-15(3)18(23)13-17;1-5-17(23-18-9-6-12(2)10-14(18)4)19(22)20-15-8-7-13(3)16(21)11-15/h13-16,18-20,27,31H,3-12,17H2,1-2H3,(H,30,32);8-13,20,23H,5-7H2,1-4H3,(H,22,24);6-11,17,21H,5H2,1-4H3,(H,20,22). The molecule has 6 rings (SSSR count). The summed E-state index contributed by atoms with van der Waals surface area (Å²) in [7, 11) is 0. The van der Waals surface area contributed by atoms with Gasteiger partial charge in [0, 0.05) is 35.3 Å². The number of nitrogens with one attached hydrogen (secondary N) is 3. The van der Waals surface area contributed by atoms with Gasteiger partial charge in [0.15, 0.2) is 18.3 Å². The van der Waals surface area contributed by atoms with E-state index in [9.17, 15) is 35.0 Å². The number of hydrogen-bond donors (Lipinski definition) is 6. The van der Waals surface area contributed by atoms with Crippen LogP contribution in [-0.4, -0.2) is 51.4 Å². The number of benzene rings is 6. The number of nitriles is 1. The van der Waals surface area contributed by atoms with Gasteiger partial charge in [0.2, 0.25) is 0 Å². The summed E-state index contributed by atoms with van der Waals surface area (Å²) in [6, 6.07) is 36.1. The molecule has 3 atom stereocenters. The number of phenolic OH excluding ortho intramolecular Hbond substituents is 3. The summed E-state index contributed by atoms with van der Waals surface area (Å²) in [5.74, 6) is 1.62. The topological polar surface area (TPSA) is 199 Å². The summed E-state index contributed by atoms with van der Waals surface area (Å²) in [5, 5.41) is 47.3. The molecule has 0 radical (unpaired) electrons. The average Bonchev–Trinajstić information content (AvgIpc) is 3.45. The fraction of sp³-hybridized carbons (Fsp3) is 0.412. The van der Waals surface area contributed by atoms with Crippen molar-refractivity contribution in [3.05, 3.63) is 160 Å². The van der Waals surface area contributed by atoms with E-state index in [2.05, 4.69) is 35.9 Å². The number of amides is 3. The fourth-order valence-corrected chi connectivity index (χ4v) is 8.73. The van der Waals surface area contributed by atoms with Gasteiger partial charge in [0.1, 0.15) is 40.6 Å². The van der Waals surface area contributed by atoms with Gasteiger partial charge in [-0.1, -0.05) is 151 Å². The van der Waals surface area contributed by atoms with Gasteiger partial charge in [-0.3, -0.25) is 14.4 Å². The van der Waals surface area contributed by atoms with Crippen LogP contribution in [0.2, 0.25) is 0 Å². The van der Waals surface area contributed by atoms with Crippen LogP contribution in [0.15, 0.2) is 115 Å². The molecule has 0 aliphatic heterocycles. The minimum Gasteiger partial charge on any atom is -0.508 e. The highest BCUT2D eigenvalue weighted by atomic mass is 16.5. The number of aryl methyl sites for hydroxylation is 7. The van der Waals surface area contributed by atoms with Gasteiger partial charge < -0.3 is 45.5 Å². The summed E-state index contributed by atoms with van der Waals surface area (Å²) >= 11 is 0. The first-order chi connectivity index (χ1) is 38.8. The number of para-hydroxylation sites is 1. The average molecular weight is 1110 g/mol. The highest BCUT2D eigenvalue weighted by Crippen LogP contribution is 2.28. The number of hydrogen-bond acceptors (Lipinski definition) is 10. The van der Waals surface area contributed by atoms with Crippen molar-refractivity contribution in [1.29, 1.82) is 5.26 Å². The van der Waals surface area contributed by atoms with E-state index in [1.165, 1.54) is 57.1 Å². The molecule has 13 nitrogen and oxygen atoms in total. The molecule has 3 unspecified atom stereocenters. The lowest BCUT2D eigenvalue weighted by Gasteiger charge is -2.20. The Hall–Kier alpha value is -7.98. The molecule has 0 aliphatic rings. The Kier molecular flexibility index (Phi) is 28.2. The second kappa shape index (κ2) is 34.9. The molecule has 0 fully saturated rings. The quantitative estimate of drug-likeness (QED) is 0.0270. The minimum absolute atomic E-state index is 0.134. The van der Waals surface area contributed by atoms with Crippen molar-refractivity contribution in [3.63, 3.8) is 0 Å². The van der Waals surface area contributed by atoms with Crippen LogP contribution in [0, 0.1) is 59.8 Å². The lowest BCUT2D eigenvalue weighted by Crippen LogP contribution is -2.33. The van der Waals surface area contributed by atoms with Crippen LogP contribution < -0.4 is 30.2 Å². The first-order valence-corrected chi connectivity index (χ1v) is 28.8. The predicted octanol–water partition coefficient (Wildman–Crippen LogP) is 16.3. The Morgan fingerprint density at radius 3 is 1.20 bits per heavy atom. The highest BCUT2D eigenvalue weighted by Gasteiger charge is 2.24. The van der Waals surface area contributed by atoms with E-state index in [0.717, 1.165) is 76.8 Å². The van der Waals surface area contributed by atoms with Crippen LogP contribution in [0.3, 0.4) is 0 Å². The maximum atomic E-state index is 13.0. The number of unbranched alkanes of at least 4 members (excludes halogenated alkanes) is 10. The molecule has 0 saturated carbocycles. The zero-order valence-corrected chi connectivity index (χ0v) is 49.5. The summed E-state index contributed by atoms with van der Waals surface area (Å²) in [6.45, 7) is 19.6. The Balaban J connectivity index is 0.000000267. The van der Waals surface area contributed by atoms with E-state index in [-0.39, 0.29) is 35.0 Å². The van der Waals surface area contributed by atoms with Crippen LogP contribution in [0.25, 0.3) is 0 Å². The van der Waals surface area contributed by atoms with Gasteiger partial charge in [-0.2, -0.15) is 5.26 Å². The number of nitrogens with zero attached hydrogens (tertiary/aromatic N) is 1. The SMILES string of the molecule is CCC(Oc1ccc(C)cc1C)C(=O)Nc1ccc(C)c(O)c1.CCCCC(Oc1ccc(C)cc1C)C(=O)Nc1ccc(C)c(O)c1.CCCCCCCCCCCCC(Oc1ccccc1C#N)C(=O)Nc1ccc(C)c(O)c1. The molecule has 0 heterocycles. The summed E-state index contributed by atoms with van der Waals surface area (Å²) < 4.78 is 17.9. The molecular formula is C68H88N4O9. The molecule has 6 aromatic rings. The van der Waals surface area contributed by atoms with Crippen molar-refractivity contribution in [1.82, 2.24) is 0 Å². The predicted molar refractivity (Wildman–Crippen MR) is 327 cm³/mol. The van der Waals surface area contributed by atoms with Gasteiger partial charge in [-0.05, 0) is 151 Å². The zero-order chi connectivity index (χ0) is 59.3. The van der Waals surface area contributed by atoms with Crippen molar-refractivity contribution in [3.8, 4) is 40.6 Å². The second-order valence-corrected chi connectivity index (χ2v) is 21.0. The van der Waals surface area contributed by atoms with E-state index in [1.807, 2.05) is 77.9 Å². The number of anilines is 3. The van der Waals surface area contributed by atoms with Crippen molar-refractivity contribution in [2.24, 2.45) is 0 Å². The molecule has 81 heavy (non-hydrogen) atoms. The number of phenols is 3. The van der Waals surface area contributed by atoms with Crippen molar-refractivity contribution < 1.29 is 43.9 Å². The minimum atomic E-state index is -0.711. The van der Waals surface area contributed by atoms with Crippen LogP contribution in [0.1, 0.15) is 162 Å². The van der Waals surface area contributed by atoms with E-state index in [4.69, 9.17) is 14.2 Å². The molecule has 0 saturated heterocycles. The molecule has 3 amide bonds. The van der Waals surface area contributed by atoms with Crippen LogP contribution >= 0.6 is 0 Å². The van der Waals surface area contributed by atoms with E-state index < -0.39 is 18.3 Å². The summed E-state index contributed by atoms with van der Waals surface area (Å²) in [5.41, 5.74) is 8.67. The van der Waals surface area contributed by atoms with Crippen LogP contribution in [0.5, 0.6) is 34.5 Å². The van der Waals surface area contributed by atoms with E-state index in [0.29, 0.717) is 53.4 Å². The Labute approximate surface area is 482 Å². The number of carbonyl (C=O) groups is 3. The van der Waals surface area contributed by atoms with Gasteiger partial charge in [-0.25, -0.2) is 0 Å². The van der Waals surface area contributed by atoms with E-state index >= 15 is 0 Å². The first-order valence-electron chi connectivity index (χ1n) is 28.8. The molecule has 0 spiro atoms. The third-order valence-corrected chi connectivity index (χ3v) is 13.8. The normalized spacial score (nSPS) is 11.7.